The molecule has 2 rings (SSSR count). The quantitative estimate of drug-likeness (QED) is 0.605. The summed E-state index contributed by atoms with van der Waals surface area (Å²) in [6, 6.07) is 1.32. The van der Waals surface area contributed by atoms with Gasteiger partial charge in [-0.05, 0) is 6.07 Å². The molecule has 7 nitrogen and oxygen atoms in total. The van der Waals surface area contributed by atoms with E-state index in [-0.39, 0.29) is 17.4 Å². The van der Waals surface area contributed by atoms with E-state index in [2.05, 4.69) is 15.1 Å². The number of anilines is 1. The van der Waals surface area contributed by atoms with Crippen LogP contribution >= 0.6 is 0 Å². The molecule has 0 aromatic carbocycles. The number of nitrogen functional groups attached to an aromatic ring is 1. The topological polar surface area (TPSA) is 106 Å². The summed E-state index contributed by atoms with van der Waals surface area (Å²) in [5.74, 6) is -0.920. The Balaban J connectivity index is 2.82. The van der Waals surface area contributed by atoms with Crippen molar-refractivity contribution in [2.75, 3.05) is 5.73 Å². The third-order valence-corrected chi connectivity index (χ3v) is 1.48. The first-order valence-electron chi connectivity index (χ1n) is 3.39. The lowest BCUT2D eigenvalue weighted by molar-refractivity contribution is 0.0687. The highest BCUT2D eigenvalue weighted by molar-refractivity contribution is 5.86. The Kier molecular flexibility index (Phi) is 1.38. The molecule has 0 aliphatic heterocycles. The second kappa shape index (κ2) is 2.41. The predicted molar refractivity (Wildman–Crippen MR) is 42.2 cm³/mol. The van der Waals surface area contributed by atoms with Crippen LogP contribution in [-0.4, -0.2) is 30.7 Å². The third kappa shape index (κ3) is 1.06. The molecule has 0 saturated heterocycles. The fraction of sp³-hybridized carbons (Fsp3) is 0. The Hall–Kier alpha value is -2.18. The Morgan fingerprint density at radius 3 is 3.08 bits per heavy atom. The average molecular weight is 179 g/mol. The molecular weight excluding hydrogens is 174 g/mol. The molecule has 0 fully saturated rings. The Labute approximate surface area is 71.8 Å². The van der Waals surface area contributed by atoms with Gasteiger partial charge in [0.25, 0.3) is 5.78 Å². The van der Waals surface area contributed by atoms with Crippen molar-refractivity contribution in [1.82, 2.24) is 19.6 Å². The Morgan fingerprint density at radius 2 is 2.38 bits per heavy atom. The molecular formula is C6H5N5O2. The van der Waals surface area contributed by atoms with Gasteiger partial charge < -0.3 is 10.8 Å². The van der Waals surface area contributed by atoms with E-state index in [1.165, 1.54) is 12.3 Å². The third-order valence-electron chi connectivity index (χ3n) is 1.48. The van der Waals surface area contributed by atoms with Crippen LogP contribution in [0.1, 0.15) is 10.5 Å². The van der Waals surface area contributed by atoms with Gasteiger partial charge in [-0.2, -0.15) is 9.50 Å². The summed E-state index contributed by atoms with van der Waals surface area (Å²) in [6.07, 6.45) is 1.34. The largest absolute Gasteiger partial charge is 0.477 e. The summed E-state index contributed by atoms with van der Waals surface area (Å²) in [4.78, 5) is 18.2. The van der Waals surface area contributed by atoms with E-state index in [9.17, 15) is 4.79 Å². The van der Waals surface area contributed by atoms with Crippen LogP contribution in [-0.2, 0) is 0 Å². The zero-order chi connectivity index (χ0) is 9.42. The van der Waals surface area contributed by atoms with Crippen molar-refractivity contribution >= 4 is 17.7 Å². The zero-order valence-electron chi connectivity index (χ0n) is 6.38. The van der Waals surface area contributed by atoms with Crippen molar-refractivity contribution in [3.05, 3.63) is 18.0 Å². The van der Waals surface area contributed by atoms with Crippen molar-refractivity contribution in [2.24, 2.45) is 0 Å². The van der Waals surface area contributed by atoms with Crippen LogP contribution in [0, 0.1) is 0 Å². The van der Waals surface area contributed by atoms with Gasteiger partial charge in [0.1, 0.15) is 0 Å². The maximum absolute atomic E-state index is 10.7. The number of nitrogens with zero attached hydrogens (tertiary/aromatic N) is 4. The van der Waals surface area contributed by atoms with Gasteiger partial charge in [-0.3, -0.25) is 0 Å². The van der Waals surface area contributed by atoms with Gasteiger partial charge in [0.05, 0.1) is 0 Å². The number of nitrogens with two attached hydrogens (primary N) is 1. The molecule has 0 spiro atoms. The van der Waals surface area contributed by atoms with Crippen LogP contribution < -0.4 is 5.73 Å². The lowest BCUT2D eigenvalue weighted by atomic mass is 10.4. The fourth-order valence-corrected chi connectivity index (χ4v) is 0.972. The molecule has 0 bridgehead atoms. The van der Waals surface area contributed by atoms with E-state index < -0.39 is 5.97 Å². The van der Waals surface area contributed by atoms with Crippen LogP contribution in [0.4, 0.5) is 5.95 Å². The number of hydrogen-bond acceptors (Lipinski definition) is 5. The molecule has 0 aliphatic carbocycles. The predicted octanol–water partition coefficient (Wildman–Crippen LogP) is -0.595. The van der Waals surface area contributed by atoms with Gasteiger partial charge in [0.15, 0.2) is 5.69 Å². The molecule has 0 saturated carbocycles. The number of carboxylic acid groups (broad SMARTS) is 1. The summed E-state index contributed by atoms with van der Waals surface area (Å²) >= 11 is 0. The van der Waals surface area contributed by atoms with Crippen molar-refractivity contribution in [1.29, 1.82) is 0 Å². The molecule has 2 heterocycles. The molecule has 66 valence electrons. The zero-order valence-corrected chi connectivity index (χ0v) is 6.38. The molecule has 3 N–H and O–H groups in total. The first kappa shape index (κ1) is 7.47. The molecule has 13 heavy (non-hydrogen) atoms. The van der Waals surface area contributed by atoms with Crippen LogP contribution in [0.15, 0.2) is 12.3 Å². The molecule has 7 heteroatoms. The highest BCUT2D eigenvalue weighted by Gasteiger charge is 2.10. The fourth-order valence-electron chi connectivity index (χ4n) is 0.972. The Morgan fingerprint density at radius 1 is 1.62 bits per heavy atom. The number of aromatic nitrogens is 4. The second-order valence-electron chi connectivity index (χ2n) is 2.32. The summed E-state index contributed by atoms with van der Waals surface area (Å²) in [6.45, 7) is 0. The van der Waals surface area contributed by atoms with E-state index in [1.807, 2.05) is 0 Å². The molecule has 0 radical (unpaired) electrons. The Bertz CT molecular complexity index is 477. The summed E-state index contributed by atoms with van der Waals surface area (Å²) in [7, 11) is 0. The maximum Gasteiger partial charge on any atom is 0.354 e. The molecule has 0 unspecified atom stereocenters. The minimum atomic E-state index is -1.10. The standard InChI is InChI=1S/C6H5N5O2/c7-5-9-6-8-2-1-3(4(12)13)11(6)10-5/h1-2H,(H2,7,10)(H,12,13). The molecule has 0 atom stereocenters. The van der Waals surface area contributed by atoms with Gasteiger partial charge in [-0.25, -0.2) is 9.78 Å². The van der Waals surface area contributed by atoms with E-state index in [1.54, 1.807) is 0 Å². The normalized spacial score (nSPS) is 10.5. The average Bonchev–Trinajstić information content (AvgIpc) is 2.43. The van der Waals surface area contributed by atoms with E-state index >= 15 is 0 Å². The van der Waals surface area contributed by atoms with Crippen molar-refractivity contribution in [3.63, 3.8) is 0 Å². The van der Waals surface area contributed by atoms with Gasteiger partial charge in [0, 0.05) is 6.20 Å². The second-order valence-corrected chi connectivity index (χ2v) is 2.32. The number of fused-ring (bicyclic) bond motifs is 1. The summed E-state index contributed by atoms with van der Waals surface area (Å²) < 4.78 is 1.08. The van der Waals surface area contributed by atoms with Crippen LogP contribution in [0.3, 0.4) is 0 Å². The smallest absolute Gasteiger partial charge is 0.354 e. The van der Waals surface area contributed by atoms with Crippen molar-refractivity contribution in [2.45, 2.75) is 0 Å². The first-order chi connectivity index (χ1) is 6.18. The molecule has 2 aromatic rings. The highest BCUT2D eigenvalue weighted by atomic mass is 16.4. The number of carboxylic acids is 1. The van der Waals surface area contributed by atoms with E-state index in [0.717, 1.165) is 4.52 Å². The molecule has 0 amide bonds. The van der Waals surface area contributed by atoms with Crippen molar-refractivity contribution in [3.8, 4) is 0 Å². The lowest BCUT2D eigenvalue weighted by Crippen LogP contribution is -2.06. The first-order valence-corrected chi connectivity index (χ1v) is 3.39. The van der Waals surface area contributed by atoms with Crippen LogP contribution in [0.2, 0.25) is 0 Å². The SMILES string of the molecule is Nc1nc2nccc(C(=O)O)n2n1. The summed E-state index contributed by atoms with van der Waals surface area (Å²) in [5.41, 5.74) is 5.26. The highest BCUT2D eigenvalue weighted by Crippen LogP contribution is 2.03. The molecule has 2 aromatic heterocycles. The van der Waals surface area contributed by atoms with E-state index in [4.69, 9.17) is 10.8 Å². The minimum Gasteiger partial charge on any atom is -0.477 e. The van der Waals surface area contributed by atoms with E-state index in [0.29, 0.717) is 0 Å². The lowest BCUT2D eigenvalue weighted by Gasteiger charge is -1.94. The van der Waals surface area contributed by atoms with Gasteiger partial charge in [0.2, 0.25) is 5.95 Å². The number of carbonyl (C=O) groups is 1. The van der Waals surface area contributed by atoms with Crippen LogP contribution in [0.5, 0.6) is 0 Å². The maximum atomic E-state index is 10.7. The molecule has 0 aliphatic rings. The van der Waals surface area contributed by atoms with Gasteiger partial charge in [-0.15, -0.1) is 5.10 Å². The van der Waals surface area contributed by atoms with Gasteiger partial charge >= 0.3 is 5.97 Å². The van der Waals surface area contributed by atoms with Gasteiger partial charge in [-0.1, -0.05) is 0 Å². The number of aromatic carboxylic acids is 1. The summed E-state index contributed by atoms with van der Waals surface area (Å²) in [5, 5.41) is 12.4. The van der Waals surface area contributed by atoms with Crippen molar-refractivity contribution < 1.29 is 9.90 Å². The number of hydrogen-bond donors (Lipinski definition) is 2. The monoisotopic (exact) mass is 179 g/mol. The number of rotatable bonds is 1. The minimum absolute atomic E-state index is 0.00111. The van der Waals surface area contributed by atoms with Crippen LogP contribution in [0.25, 0.3) is 5.78 Å².